The summed E-state index contributed by atoms with van der Waals surface area (Å²) in [5, 5.41) is 4.71. The van der Waals surface area contributed by atoms with Crippen molar-refractivity contribution in [3.05, 3.63) is 42.2 Å². The maximum Gasteiger partial charge on any atom is 0.177 e. The predicted octanol–water partition coefficient (Wildman–Crippen LogP) is 1.39. The van der Waals surface area contributed by atoms with Crippen LogP contribution in [0.1, 0.15) is 23.9 Å². The maximum atomic E-state index is 5.82. The molecule has 24 heavy (non-hydrogen) atoms. The van der Waals surface area contributed by atoms with Gasteiger partial charge in [-0.05, 0) is 18.6 Å². The van der Waals surface area contributed by atoms with E-state index in [1.807, 2.05) is 23.0 Å². The van der Waals surface area contributed by atoms with Gasteiger partial charge in [0.05, 0.1) is 12.9 Å². The number of hydrogen-bond donors (Lipinski definition) is 2. The van der Waals surface area contributed by atoms with Crippen LogP contribution in [0.15, 0.2) is 30.7 Å². The molecule has 1 atom stereocenters. The number of hydrogen-bond acceptors (Lipinski definition) is 6. The molecular weight excluding hydrogens is 306 g/mol. The summed E-state index contributed by atoms with van der Waals surface area (Å²) >= 11 is 0. The van der Waals surface area contributed by atoms with Crippen molar-refractivity contribution in [2.75, 3.05) is 18.9 Å². The van der Waals surface area contributed by atoms with Crippen LogP contribution < -0.4 is 5.73 Å². The summed E-state index contributed by atoms with van der Waals surface area (Å²) in [5.41, 5.74) is 7.62. The Labute approximate surface area is 139 Å². The van der Waals surface area contributed by atoms with Crippen molar-refractivity contribution in [2.45, 2.75) is 25.3 Å². The van der Waals surface area contributed by atoms with Crippen molar-refractivity contribution < 1.29 is 4.74 Å². The van der Waals surface area contributed by atoms with Gasteiger partial charge in [-0.2, -0.15) is 5.10 Å². The first kappa shape index (κ1) is 14.8. The Morgan fingerprint density at radius 2 is 2.29 bits per heavy atom. The Kier molecular flexibility index (Phi) is 3.96. The maximum absolute atomic E-state index is 5.82. The van der Waals surface area contributed by atoms with Gasteiger partial charge in [0.1, 0.15) is 11.5 Å². The van der Waals surface area contributed by atoms with Crippen LogP contribution >= 0.6 is 0 Å². The van der Waals surface area contributed by atoms with Gasteiger partial charge in [-0.3, -0.25) is 0 Å². The number of H-pyrrole nitrogens is 1. The van der Waals surface area contributed by atoms with Crippen molar-refractivity contribution in [1.82, 2.24) is 29.7 Å². The van der Waals surface area contributed by atoms with Gasteiger partial charge in [-0.1, -0.05) is 6.07 Å². The van der Waals surface area contributed by atoms with Crippen molar-refractivity contribution in [3.63, 3.8) is 0 Å². The summed E-state index contributed by atoms with van der Waals surface area (Å²) in [6.07, 6.45) is 5.24. The van der Waals surface area contributed by atoms with Gasteiger partial charge in [0.25, 0.3) is 0 Å². The zero-order valence-electron chi connectivity index (χ0n) is 13.2. The zero-order chi connectivity index (χ0) is 16.4. The number of nitrogens with two attached hydrogens (primary N) is 1. The normalized spacial score (nSPS) is 17.4. The number of ether oxygens (including phenoxy) is 1. The number of imidazole rings is 1. The molecule has 124 valence electrons. The minimum atomic E-state index is 0.248. The first-order chi connectivity index (χ1) is 11.8. The van der Waals surface area contributed by atoms with E-state index < -0.39 is 0 Å². The van der Waals surface area contributed by atoms with Gasteiger partial charge in [-0.25, -0.2) is 19.6 Å². The molecule has 0 radical (unpaired) electrons. The monoisotopic (exact) mass is 325 g/mol. The summed E-state index contributed by atoms with van der Waals surface area (Å²) in [6, 6.07) is 5.55. The van der Waals surface area contributed by atoms with Gasteiger partial charge in [-0.15, -0.1) is 0 Å². The van der Waals surface area contributed by atoms with Gasteiger partial charge in [0.15, 0.2) is 11.6 Å². The van der Waals surface area contributed by atoms with Gasteiger partial charge in [0, 0.05) is 37.4 Å². The first-order valence-corrected chi connectivity index (χ1v) is 8.02. The Morgan fingerprint density at radius 1 is 1.33 bits per heavy atom. The molecule has 0 bridgehead atoms. The van der Waals surface area contributed by atoms with E-state index in [1.165, 1.54) is 0 Å². The van der Waals surface area contributed by atoms with Crippen molar-refractivity contribution in [1.29, 1.82) is 0 Å². The summed E-state index contributed by atoms with van der Waals surface area (Å²) in [7, 11) is 0. The standard InChI is InChI=1S/C16H19N7O/c17-14-3-1-2-13(20-14)16-21-15(11-5-7-24-9-11)22-23(16)6-4-12-8-18-10-19-12/h1-3,8,10-11H,4-7,9H2,(H2,17,20)(H,18,19). The molecule has 1 aliphatic heterocycles. The molecule has 0 aromatic carbocycles. The lowest BCUT2D eigenvalue weighted by Gasteiger charge is -2.05. The number of rotatable bonds is 5. The molecule has 4 rings (SSSR count). The molecule has 4 heterocycles. The second kappa shape index (κ2) is 6.40. The third-order valence-corrected chi connectivity index (χ3v) is 4.13. The smallest absolute Gasteiger partial charge is 0.177 e. The average Bonchev–Trinajstić information content (AvgIpc) is 3.33. The molecule has 0 aliphatic carbocycles. The number of pyridine rings is 1. The van der Waals surface area contributed by atoms with Crippen LogP contribution in [-0.2, 0) is 17.7 Å². The topological polar surface area (TPSA) is 108 Å². The summed E-state index contributed by atoms with van der Waals surface area (Å²) in [6.45, 7) is 2.13. The largest absolute Gasteiger partial charge is 0.384 e. The molecule has 1 aliphatic rings. The van der Waals surface area contributed by atoms with E-state index in [0.717, 1.165) is 42.5 Å². The van der Waals surface area contributed by atoms with Crippen LogP contribution in [0, 0.1) is 0 Å². The molecule has 0 amide bonds. The highest BCUT2D eigenvalue weighted by atomic mass is 16.5. The van der Waals surface area contributed by atoms with Gasteiger partial charge in [0.2, 0.25) is 0 Å². The Bertz CT molecular complexity index is 806. The Hall–Kier alpha value is -2.74. The molecule has 1 saturated heterocycles. The van der Waals surface area contributed by atoms with E-state index >= 15 is 0 Å². The second-order valence-electron chi connectivity index (χ2n) is 5.85. The van der Waals surface area contributed by atoms with Crippen molar-refractivity contribution in [3.8, 4) is 11.5 Å². The molecule has 3 N–H and O–H groups in total. The lowest BCUT2D eigenvalue weighted by Crippen LogP contribution is -2.07. The lowest BCUT2D eigenvalue weighted by molar-refractivity contribution is 0.193. The zero-order valence-corrected chi connectivity index (χ0v) is 13.2. The molecule has 3 aromatic rings. The van der Waals surface area contributed by atoms with E-state index in [-0.39, 0.29) is 5.92 Å². The highest BCUT2D eigenvalue weighted by molar-refractivity contribution is 5.52. The highest BCUT2D eigenvalue weighted by Crippen LogP contribution is 2.25. The number of aromatic nitrogens is 6. The quantitative estimate of drug-likeness (QED) is 0.734. The van der Waals surface area contributed by atoms with E-state index in [0.29, 0.717) is 19.0 Å². The fraction of sp³-hybridized carbons (Fsp3) is 0.375. The Balaban J connectivity index is 1.66. The molecule has 3 aromatic heterocycles. The molecule has 1 fully saturated rings. The minimum Gasteiger partial charge on any atom is -0.384 e. The number of aromatic amines is 1. The first-order valence-electron chi connectivity index (χ1n) is 8.02. The molecule has 8 nitrogen and oxygen atoms in total. The third kappa shape index (κ3) is 3.00. The highest BCUT2D eigenvalue weighted by Gasteiger charge is 2.24. The fourth-order valence-corrected chi connectivity index (χ4v) is 2.84. The number of anilines is 1. The van der Waals surface area contributed by atoms with Crippen LogP contribution in [0.5, 0.6) is 0 Å². The van der Waals surface area contributed by atoms with E-state index in [2.05, 4.69) is 15.0 Å². The average molecular weight is 325 g/mol. The van der Waals surface area contributed by atoms with Crippen LogP contribution in [0.2, 0.25) is 0 Å². The fourth-order valence-electron chi connectivity index (χ4n) is 2.84. The minimum absolute atomic E-state index is 0.248. The second-order valence-corrected chi connectivity index (χ2v) is 5.85. The van der Waals surface area contributed by atoms with Crippen LogP contribution in [0.4, 0.5) is 5.82 Å². The molecular formula is C16H19N7O. The summed E-state index contributed by atoms with van der Waals surface area (Å²) < 4.78 is 7.37. The van der Waals surface area contributed by atoms with Gasteiger partial charge >= 0.3 is 0 Å². The number of nitrogens with zero attached hydrogens (tertiary/aromatic N) is 5. The summed E-state index contributed by atoms with van der Waals surface area (Å²) in [4.78, 5) is 16.3. The summed E-state index contributed by atoms with van der Waals surface area (Å²) in [5.74, 6) is 2.28. The lowest BCUT2D eigenvalue weighted by atomic mass is 10.1. The third-order valence-electron chi connectivity index (χ3n) is 4.13. The molecule has 0 spiro atoms. The number of nitrogens with one attached hydrogen (secondary N) is 1. The van der Waals surface area contributed by atoms with Crippen molar-refractivity contribution in [2.24, 2.45) is 0 Å². The molecule has 1 unspecified atom stereocenters. The molecule has 8 heteroatoms. The number of aryl methyl sites for hydroxylation is 2. The predicted molar refractivity (Wildman–Crippen MR) is 88.1 cm³/mol. The van der Waals surface area contributed by atoms with Crippen molar-refractivity contribution >= 4 is 5.82 Å². The van der Waals surface area contributed by atoms with E-state index in [1.54, 1.807) is 12.4 Å². The van der Waals surface area contributed by atoms with E-state index in [9.17, 15) is 0 Å². The van der Waals surface area contributed by atoms with Gasteiger partial charge < -0.3 is 15.5 Å². The number of nitrogen functional groups attached to an aromatic ring is 1. The van der Waals surface area contributed by atoms with Crippen LogP contribution in [-0.4, -0.2) is 42.9 Å². The SMILES string of the molecule is Nc1cccc(-c2nc(C3CCOC3)nn2CCc2cnc[nH]2)n1. The van der Waals surface area contributed by atoms with E-state index in [4.69, 9.17) is 20.6 Å². The van der Waals surface area contributed by atoms with Crippen LogP contribution in [0.3, 0.4) is 0 Å². The Morgan fingerprint density at radius 3 is 3.04 bits per heavy atom. The molecule has 0 saturated carbocycles. The van der Waals surface area contributed by atoms with Crippen LogP contribution in [0.25, 0.3) is 11.5 Å².